The van der Waals surface area contributed by atoms with Gasteiger partial charge < -0.3 is 9.80 Å². The number of urea groups is 1. The number of hydrogen-bond donors (Lipinski definition) is 0. The van der Waals surface area contributed by atoms with Crippen LogP contribution in [0.15, 0.2) is 36.4 Å². The monoisotopic (exact) mass is 403 g/mol. The lowest BCUT2D eigenvalue weighted by molar-refractivity contribution is -0.116. The van der Waals surface area contributed by atoms with Crippen molar-refractivity contribution in [3.63, 3.8) is 0 Å². The number of para-hydroxylation sites is 1. The maximum Gasteiger partial charge on any atom is 0.331 e. The number of carbonyl (C=O) groups excluding carboxylic acids is 2. The van der Waals surface area contributed by atoms with Crippen LogP contribution >= 0.6 is 23.2 Å². The number of fused-ring (bicyclic) bond motifs is 1. The summed E-state index contributed by atoms with van der Waals surface area (Å²) < 4.78 is 0. The van der Waals surface area contributed by atoms with Gasteiger partial charge in [-0.1, -0.05) is 41.4 Å². The van der Waals surface area contributed by atoms with Crippen LogP contribution in [0.1, 0.15) is 22.6 Å². The number of carbonyl (C=O) groups is 2. The quantitative estimate of drug-likeness (QED) is 0.712. The van der Waals surface area contributed by atoms with Crippen LogP contribution in [0, 0.1) is 0 Å². The summed E-state index contributed by atoms with van der Waals surface area (Å²) in [6.07, 6.45) is 0. The van der Waals surface area contributed by atoms with Gasteiger partial charge in [0, 0.05) is 36.1 Å². The Morgan fingerprint density at radius 1 is 1.00 bits per heavy atom. The topological polar surface area (TPSA) is 43.9 Å². The van der Waals surface area contributed by atoms with E-state index >= 15 is 0 Å². The molecule has 0 saturated carbocycles. The molecule has 5 nitrogen and oxygen atoms in total. The van der Waals surface area contributed by atoms with Gasteiger partial charge in [0.15, 0.2) is 0 Å². The van der Waals surface area contributed by atoms with Gasteiger partial charge in [0.25, 0.3) is 5.91 Å². The minimum absolute atomic E-state index is 0.0438. The van der Waals surface area contributed by atoms with Gasteiger partial charge in [-0.2, -0.15) is 0 Å². The lowest BCUT2D eigenvalue weighted by Crippen LogP contribution is -2.35. The molecule has 7 heteroatoms. The van der Waals surface area contributed by atoms with Gasteiger partial charge in [-0.05, 0) is 41.9 Å². The van der Waals surface area contributed by atoms with Gasteiger partial charge in [0.1, 0.15) is 6.54 Å². The van der Waals surface area contributed by atoms with Crippen LogP contribution in [0.2, 0.25) is 10.0 Å². The van der Waals surface area contributed by atoms with Crippen LogP contribution in [0.3, 0.4) is 0 Å². The van der Waals surface area contributed by atoms with E-state index in [2.05, 4.69) is 4.90 Å². The standard InChI is InChI=1S/C20H19Cl2N3O2/c1-23-9-15(14-7-12(21)8-17(22)16(14)10-23)13-5-3-4-6-18(13)25-19(26)11-24(2)20(25)27/h3-8,15H,9-11H2,1-2H3/t15-/m0/s1. The summed E-state index contributed by atoms with van der Waals surface area (Å²) in [7, 11) is 3.66. The molecule has 0 N–H and O–H groups in total. The first kappa shape index (κ1) is 18.3. The van der Waals surface area contributed by atoms with Crippen molar-refractivity contribution >= 4 is 40.8 Å². The first-order valence-electron chi connectivity index (χ1n) is 8.70. The Balaban J connectivity index is 1.87. The highest BCUT2D eigenvalue weighted by Crippen LogP contribution is 2.41. The maximum atomic E-state index is 12.5. The number of anilines is 1. The van der Waals surface area contributed by atoms with E-state index in [0.717, 1.165) is 29.8 Å². The SMILES string of the molecule is CN1Cc2c(Cl)cc(Cl)cc2[C@H](c2ccccc2N2C(=O)CN(C)C2=O)C1. The summed E-state index contributed by atoms with van der Waals surface area (Å²) in [5.41, 5.74) is 3.62. The smallest absolute Gasteiger partial charge is 0.318 e. The molecule has 1 saturated heterocycles. The Bertz CT molecular complexity index is 947. The summed E-state index contributed by atoms with van der Waals surface area (Å²) in [5.74, 6) is -0.263. The van der Waals surface area contributed by atoms with Gasteiger partial charge >= 0.3 is 6.03 Å². The number of benzene rings is 2. The summed E-state index contributed by atoms with van der Waals surface area (Å²) in [6.45, 7) is 1.56. The molecule has 0 aromatic heterocycles. The van der Waals surface area contributed by atoms with Crippen molar-refractivity contribution in [2.45, 2.75) is 12.5 Å². The lowest BCUT2D eigenvalue weighted by atomic mass is 9.83. The highest BCUT2D eigenvalue weighted by Gasteiger charge is 2.38. The Labute approximate surface area is 168 Å². The predicted octanol–water partition coefficient (Wildman–Crippen LogP) is 3.97. The van der Waals surface area contributed by atoms with Crippen molar-refractivity contribution in [1.82, 2.24) is 9.80 Å². The van der Waals surface area contributed by atoms with Crippen LogP contribution in [0.4, 0.5) is 10.5 Å². The summed E-state index contributed by atoms with van der Waals surface area (Å²) >= 11 is 12.7. The Morgan fingerprint density at radius 3 is 2.44 bits per heavy atom. The molecule has 1 atom stereocenters. The third kappa shape index (κ3) is 3.10. The van der Waals surface area contributed by atoms with Crippen molar-refractivity contribution in [3.8, 4) is 0 Å². The zero-order valence-electron chi connectivity index (χ0n) is 15.1. The van der Waals surface area contributed by atoms with E-state index in [1.165, 1.54) is 9.80 Å². The first-order chi connectivity index (χ1) is 12.9. The fourth-order valence-corrected chi connectivity index (χ4v) is 4.52. The number of likely N-dealkylation sites (N-methyl/N-ethyl adjacent to an activating group) is 2. The van der Waals surface area contributed by atoms with Crippen LogP contribution < -0.4 is 4.90 Å². The molecule has 1 fully saturated rings. The molecule has 0 spiro atoms. The molecular weight excluding hydrogens is 385 g/mol. The molecular formula is C20H19Cl2N3O2. The van der Waals surface area contributed by atoms with Gasteiger partial charge in [-0.15, -0.1) is 0 Å². The molecule has 140 valence electrons. The van der Waals surface area contributed by atoms with Gasteiger partial charge in [0.05, 0.1) is 5.69 Å². The van der Waals surface area contributed by atoms with E-state index in [0.29, 0.717) is 15.7 Å². The van der Waals surface area contributed by atoms with E-state index < -0.39 is 0 Å². The highest BCUT2D eigenvalue weighted by molar-refractivity contribution is 6.35. The molecule has 27 heavy (non-hydrogen) atoms. The molecule has 2 aliphatic heterocycles. The Hall–Kier alpha value is -2.08. The first-order valence-corrected chi connectivity index (χ1v) is 9.45. The molecule has 0 unspecified atom stereocenters. The van der Waals surface area contributed by atoms with Crippen molar-refractivity contribution in [1.29, 1.82) is 0 Å². The molecule has 2 aliphatic rings. The van der Waals surface area contributed by atoms with Gasteiger partial charge in [-0.25, -0.2) is 9.69 Å². The second-order valence-electron chi connectivity index (χ2n) is 7.13. The summed E-state index contributed by atoms with van der Waals surface area (Å²) in [4.78, 5) is 29.9. The number of hydrogen-bond acceptors (Lipinski definition) is 3. The summed E-state index contributed by atoms with van der Waals surface area (Å²) in [6, 6.07) is 11.0. The van der Waals surface area contributed by atoms with Crippen molar-refractivity contribution < 1.29 is 9.59 Å². The van der Waals surface area contributed by atoms with Gasteiger partial charge in [-0.3, -0.25) is 4.79 Å². The molecule has 0 aliphatic carbocycles. The maximum absolute atomic E-state index is 12.5. The number of nitrogens with zero attached hydrogens (tertiary/aromatic N) is 3. The van der Waals surface area contributed by atoms with E-state index in [9.17, 15) is 9.59 Å². The predicted molar refractivity (Wildman–Crippen MR) is 107 cm³/mol. The molecule has 2 aromatic rings. The minimum atomic E-state index is -0.305. The largest absolute Gasteiger partial charge is 0.331 e. The fraction of sp³-hybridized carbons (Fsp3) is 0.300. The van der Waals surface area contributed by atoms with Crippen LogP contribution in [-0.2, 0) is 11.3 Å². The van der Waals surface area contributed by atoms with E-state index in [1.807, 2.05) is 37.4 Å². The highest BCUT2D eigenvalue weighted by atomic mass is 35.5. The number of imide groups is 1. The normalized spacial score (nSPS) is 20.4. The van der Waals surface area contributed by atoms with Crippen molar-refractivity contribution in [2.24, 2.45) is 0 Å². The average molecular weight is 404 g/mol. The van der Waals surface area contributed by atoms with Crippen LogP contribution in [0.5, 0.6) is 0 Å². The average Bonchev–Trinajstić information content (AvgIpc) is 2.87. The van der Waals surface area contributed by atoms with E-state index in [1.54, 1.807) is 13.1 Å². The Kier molecular flexibility index (Phi) is 4.62. The molecule has 3 amide bonds. The third-order valence-electron chi connectivity index (χ3n) is 5.19. The van der Waals surface area contributed by atoms with E-state index in [-0.39, 0.29) is 24.4 Å². The number of rotatable bonds is 2. The minimum Gasteiger partial charge on any atom is -0.318 e. The molecule has 4 rings (SSSR count). The number of amides is 3. The van der Waals surface area contributed by atoms with Crippen LogP contribution in [-0.4, -0.2) is 48.9 Å². The second kappa shape index (κ2) is 6.82. The molecule has 0 radical (unpaired) electrons. The summed E-state index contributed by atoms with van der Waals surface area (Å²) in [5, 5.41) is 1.22. The second-order valence-corrected chi connectivity index (χ2v) is 7.97. The molecule has 0 bridgehead atoms. The Morgan fingerprint density at radius 2 is 1.74 bits per heavy atom. The lowest BCUT2D eigenvalue weighted by Gasteiger charge is -2.35. The van der Waals surface area contributed by atoms with Crippen molar-refractivity contribution in [2.75, 3.05) is 32.1 Å². The third-order valence-corrected chi connectivity index (χ3v) is 5.74. The molecule has 2 aromatic carbocycles. The zero-order chi connectivity index (χ0) is 19.3. The van der Waals surface area contributed by atoms with E-state index in [4.69, 9.17) is 23.2 Å². The van der Waals surface area contributed by atoms with Crippen LogP contribution in [0.25, 0.3) is 0 Å². The fourth-order valence-electron chi connectivity index (χ4n) is 3.95. The molecule has 2 heterocycles. The van der Waals surface area contributed by atoms with Crippen molar-refractivity contribution in [3.05, 3.63) is 63.1 Å². The zero-order valence-corrected chi connectivity index (χ0v) is 16.6. The van der Waals surface area contributed by atoms with Gasteiger partial charge in [0.2, 0.25) is 0 Å². The number of halogens is 2.